The molecular weight excluding hydrogens is 183 g/mol. The molecule has 0 saturated heterocycles. The molecule has 0 aliphatic rings. The summed E-state index contributed by atoms with van der Waals surface area (Å²) in [4.78, 5) is 10.5. The van der Waals surface area contributed by atoms with E-state index in [-0.39, 0.29) is 6.42 Å². The maximum Gasteiger partial charge on any atom is 0.341 e. The summed E-state index contributed by atoms with van der Waals surface area (Å²) in [6.45, 7) is 2.97. The van der Waals surface area contributed by atoms with E-state index in [1.807, 2.05) is 13.0 Å². The summed E-state index contributed by atoms with van der Waals surface area (Å²) in [6.07, 6.45) is -0.0932. The highest BCUT2D eigenvalue weighted by Crippen LogP contribution is 2.18. The van der Waals surface area contributed by atoms with Crippen molar-refractivity contribution in [3.63, 3.8) is 0 Å². The molecule has 0 bridgehead atoms. The fourth-order valence-electron chi connectivity index (χ4n) is 1.28. The molecule has 14 heavy (non-hydrogen) atoms. The number of hydrogen-bond donors (Lipinski definition) is 1. The first-order valence-electron chi connectivity index (χ1n) is 4.40. The van der Waals surface area contributed by atoms with Crippen LogP contribution in [0.15, 0.2) is 24.3 Å². The van der Waals surface area contributed by atoms with Gasteiger partial charge in [-0.3, -0.25) is 0 Å². The van der Waals surface area contributed by atoms with Crippen LogP contribution in [0.3, 0.4) is 0 Å². The van der Waals surface area contributed by atoms with E-state index in [4.69, 9.17) is 5.11 Å². The molecule has 0 aliphatic heterocycles. The maximum atomic E-state index is 13.4. The molecule has 1 unspecified atom stereocenters. The predicted molar refractivity (Wildman–Crippen MR) is 52.0 cm³/mol. The topological polar surface area (TPSA) is 37.3 Å². The fourth-order valence-corrected chi connectivity index (χ4v) is 1.28. The predicted octanol–water partition coefficient (Wildman–Crippen LogP) is 2.35. The van der Waals surface area contributed by atoms with Gasteiger partial charge in [0.05, 0.1) is 0 Å². The zero-order chi connectivity index (χ0) is 10.8. The molecule has 0 heterocycles. The minimum Gasteiger partial charge on any atom is -0.479 e. The molecule has 0 fully saturated rings. The van der Waals surface area contributed by atoms with Crippen LogP contribution < -0.4 is 0 Å². The van der Waals surface area contributed by atoms with Crippen molar-refractivity contribution in [2.45, 2.75) is 25.9 Å². The molecule has 3 heteroatoms. The van der Waals surface area contributed by atoms with Crippen molar-refractivity contribution < 1.29 is 14.3 Å². The highest BCUT2D eigenvalue weighted by molar-refractivity contribution is 5.77. The summed E-state index contributed by atoms with van der Waals surface area (Å²) >= 11 is 0. The number of carboxylic acids is 1. The van der Waals surface area contributed by atoms with Gasteiger partial charge in [-0.25, -0.2) is 9.18 Å². The number of carboxylic acid groups (broad SMARTS) is 1. The summed E-state index contributed by atoms with van der Waals surface area (Å²) in [6, 6.07) is 7.21. The van der Waals surface area contributed by atoms with E-state index in [0.29, 0.717) is 5.56 Å². The second-order valence-electron chi connectivity index (χ2n) is 3.67. The number of hydrogen-bond acceptors (Lipinski definition) is 1. The quantitative estimate of drug-likeness (QED) is 0.805. The molecule has 1 aromatic carbocycles. The molecule has 0 radical (unpaired) electrons. The first-order valence-corrected chi connectivity index (χ1v) is 4.40. The first-order chi connectivity index (χ1) is 6.42. The van der Waals surface area contributed by atoms with Crippen molar-refractivity contribution in [1.82, 2.24) is 0 Å². The molecule has 0 aliphatic carbocycles. The number of aryl methyl sites for hydroxylation is 1. The summed E-state index contributed by atoms with van der Waals surface area (Å²) in [7, 11) is 0. The van der Waals surface area contributed by atoms with E-state index in [0.717, 1.165) is 12.5 Å². The largest absolute Gasteiger partial charge is 0.479 e. The van der Waals surface area contributed by atoms with E-state index in [9.17, 15) is 9.18 Å². The Morgan fingerprint density at radius 2 is 2.21 bits per heavy atom. The molecule has 0 spiro atoms. The fraction of sp³-hybridized carbons (Fsp3) is 0.364. The van der Waals surface area contributed by atoms with Gasteiger partial charge in [-0.15, -0.1) is 0 Å². The van der Waals surface area contributed by atoms with Crippen LogP contribution in [0.25, 0.3) is 0 Å². The van der Waals surface area contributed by atoms with Crippen molar-refractivity contribution in [2.75, 3.05) is 0 Å². The van der Waals surface area contributed by atoms with Crippen LogP contribution in [-0.4, -0.2) is 16.7 Å². The lowest BCUT2D eigenvalue weighted by Gasteiger charge is -2.14. The molecular formula is C11H13FO2. The SMILES string of the molecule is Cc1cccc(CC(C)(F)C(=O)O)c1. The number of alkyl halides is 1. The van der Waals surface area contributed by atoms with Crippen molar-refractivity contribution in [2.24, 2.45) is 0 Å². The van der Waals surface area contributed by atoms with Crippen molar-refractivity contribution >= 4 is 5.97 Å². The molecule has 0 aromatic heterocycles. The Balaban J connectivity index is 2.83. The third kappa shape index (κ3) is 2.55. The van der Waals surface area contributed by atoms with Crippen LogP contribution in [0, 0.1) is 6.92 Å². The Labute approximate surface area is 82.4 Å². The lowest BCUT2D eigenvalue weighted by molar-refractivity contribution is -0.149. The molecule has 0 saturated carbocycles. The van der Waals surface area contributed by atoms with Gasteiger partial charge in [-0.2, -0.15) is 0 Å². The zero-order valence-electron chi connectivity index (χ0n) is 8.25. The number of rotatable bonds is 3. The summed E-state index contributed by atoms with van der Waals surface area (Å²) in [5.41, 5.74) is -0.477. The molecule has 2 nitrogen and oxygen atoms in total. The monoisotopic (exact) mass is 196 g/mol. The standard InChI is InChI=1S/C11H13FO2/c1-8-4-3-5-9(6-8)7-11(2,12)10(13)14/h3-6H,7H2,1-2H3,(H,13,14). The maximum absolute atomic E-state index is 13.4. The van der Waals surface area contributed by atoms with E-state index < -0.39 is 11.6 Å². The lowest BCUT2D eigenvalue weighted by Crippen LogP contribution is -2.32. The van der Waals surface area contributed by atoms with Crippen LogP contribution in [0.2, 0.25) is 0 Å². The van der Waals surface area contributed by atoms with Gasteiger partial charge >= 0.3 is 5.97 Å². The van der Waals surface area contributed by atoms with E-state index >= 15 is 0 Å². The normalized spacial score (nSPS) is 14.8. The summed E-state index contributed by atoms with van der Waals surface area (Å²) in [5, 5.41) is 8.60. The Morgan fingerprint density at radius 1 is 1.57 bits per heavy atom. The molecule has 1 atom stereocenters. The lowest BCUT2D eigenvalue weighted by atomic mass is 9.97. The highest BCUT2D eigenvalue weighted by Gasteiger charge is 2.32. The van der Waals surface area contributed by atoms with Gasteiger partial charge in [0.15, 0.2) is 0 Å². The van der Waals surface area contributed by atoms with Crippen LogP contribution in [0.1, 0.15) is 18.1 Å². The molecule has 1 N–H and O–H groups in total. The molecule has 0 amide bonds. The van der Waals surface area contributed by atoms with Crippen LogP contribution >= 0.6 is 0 Å². The number of aliphatic carboxylic acids is 1. The summed E-state index contributed by atoms with van der Waals surface area (Å²) < 4.78 is 13.4. The van der Waals surface area contributed by atoms with E-state index in [1.165, 1.54) is 0 Å². The van der Waals surface area contributed by atoms with Gasteiger partial charge < -0.3 is 5.11 Å². The third-order valence-electron chi connectivity index (χ3n) is 2.06. The van der Waals surface area contributed by atoms with E-state index in [1.54, 1.807) is 18.2 Å². The number of benzene rings is 1. The second-order valence-corrected chi connectivity index (χ2v) is 3.67. The van der Waals surface area contributed by atoms with Gasteiger partial charge in [0.2, 0.25) is 5.67 Å². The average molecular weight is 196 g/mol. The van der Waals surface area contributed by atoms with Crippen LogP contribution in [0.4, 0.5) is 4.39 Å². The Kier molecular flexibility index (Phi) is 2.89. The van der Waals surface area contributed by atoms with Gasteiger partial charge in [0.1, 0.15) is 0 Å². The first kappa shape index (κ1) is 10.7. The minimum atomic E-state index is -2.19. The average Bonchev–Trinajstić information content (AvgIpc) is 2.02. The van der Waals surface area contributed by atoms with Gasteiger partial charge in [0.25, 0.3) is 0 Å². The van der Waals surface area contributed by atoms with Gasteiger partial charge in [0, 0.05) is 6.42 Å². The molecule has 1 aromatic rings. The Hall–Kier alpha value is -1.38. The van der Waals surface area contributed by atoms with Gasteiger partial charge in [-0.1, -0.05) is 29.8 Å². The third-order valence-corrected chi connectivity index (χ3v) is 2.06. The molecule has 1 rings (SSSR count). The number of halogens is 1. The van der Waals surface area contributed by atoms with E-state index in [2.05, 4.69) is 0 Å². The Bertz CT molecular complexity index is 345. The van der Waals surface area contributed by atoms with Crippen molar-refractivity contribution in [3.05, 3.63) is 35.4 Å². The highest BCUT2D eigenvalue weighted by atomic mass is 19.1. The van der Waals surface area contributed by atoms with Crippen LogP contribution in [0.5, 0.6) is 0 Å². The van der Waals surface area contributed by atoms with Crippen molar-refractivity contribution in [1.29, 1.82) is 0 Å². The Morgan fingerprint density at radius 3 is 2.71 bits per heavy atom. The second kappa shape index (κ2) is 3.78. The summed E-state index contributed by atoms with van der Waals surface area (Å²) in [5.74, 6) is -1.42. The van der Waals surface area contributed by atoms with Crippen LogP contribution in [-0.2, 0) is 11.2 Å². The van der Waals surface area contributed by atoms with Crippen molar-refractivity contribution in [3.8, 4) is 0 Å². The minimum absolute atomic E-state index is 0.0932. The number of carbonyl (C=O) groups is 1. The van der Waals surface area contributed by atoms with Gasteiger partial charge in [-0.05, 0) is 19.4 Å². The smallest absolute Gasteiger partial charge is 0.341 e. The molecule has 76 valence electrons. The zero-order valence-corrected chi connectivity index (χ0v) is 8.25.